The molecular weight excluding hydrogens is 260 g/mol. The highest BCUT2D eigenvalue weighted by atomic mass is 32.1. The van der Waals surface area contributed by atoms with Gasteiger partial charge in [0.25, 0.3) is 0 Å². The fraction of sp³-hybridized carbons (Fsp3) is 0.111. The molecule has 0 heterocycles. The molecule has 0 bridgehead atoms. The third-order valence-corrected chi connectivity index (χ3v) is 2.21. The summed E-state index contributed by atoms with van der Waals surface area (Å²) in [7, 11) is 1.59. The van der Waals surface area contributed by atoms with Crippen LogP contribution >= 0.6 is 12.2 Å². The van der Waals surface area contributed by atoms with Gasteiger partial charge in [-0.3, -0.25) is 15.5 Å². The lowest BCUT2D eigenvalue weighted by Gasteiger charge is -2.02. The summed E-state index contributed by atoms with van der Waals surface area (Å²) < 4.78 is 0. The molecule has 0 aliphatic heterocycles. The van der Waals surface area contributed by atoms with Crippen LogP contribution in [-0.2, 0) is 0 Å². The molecule has 4 N–H and O–H groups in total. The van der Waals surface area contributed by atoms with Crippen LogP contribution in [0.3, 0.4) is 0 Å². The number of hydrogen-bond donors (Lipinski definition) is 4. The SMILES string of the molecule is CNC(=S)NN=Cc1cc([N+](=O)[O-])c(O)cc1O. The van der Waals surface area contributed by atoms with E-state index in [1.807, 2.05) is 0 Å². The van der Waals surface area contributed by atoms with Crippen LogP contribution in [0, 0.1) is 10.1 Å². The van der Waals surface area contributed by atoms with E-state index < -0.39 is 16.4 Å². The molecule has 0 unspecified atom stereocenters. The van der Waals surface area contributed by atoms with Crippen molar-refractivity contribution in [1.29, 1.82) is 0 Å². The molecule has 0 aromatic heterocycles. The van der Waals surface area contributed by atoms with Gasteiger partial charge in [-0.2, -0.15) is 5.10 Å². The summed E-state index contributed by atoms with van der Waals surface area (Å²) in [5, 5.41) is 35.8. The Morgan fingerprint density at radius 2 is 2.17 bits per heavy atom. The molecule has 0 spiro atoms. The van der Waals surface area contributed by atoms with E-state index in [9.17, 15) is 20.3 Å². The quantitative estimate of drug-likeness (QED) is 0.272. The highest BCUT2D eigenvalue weighted by Crippen LogP contribution is 2.31. The summed E-state index contributed by atoms with van der Waals surface area (Å²) in [4.78, 5) is 9.82. The molecule has 96 valence electrons. The molecule has 1 aromatic rings. The number of nitro benzene ring substituents is 1. The molecule has 0 aliphatic rings. The summed E-state index contributed by atoms with van der Waals surface area (Å²) in [5.74, 6) is -0.951. The van der Waals surface area contributed by atoms with Crippen LogP contribution in [0.15, 0.2) is 17.2 Å². The average Bonchev–Trinajstić information content (AvgIpc) is 2.31. The summed E-state index contributed by atoms with van der Waals surface area (Å²) >= 11 is 4.74. The zero-order valence-corrected chi connectivity index (χ0v) is 10.1. The van der Waals surface area contributed by atoms with Crippen molar-refractivity contribution in [1.82, 2.24) is 10.7 Å². The van der Waals surface area contributed by atoms with Gasteiger partial charge in [-0.15, -0.1) is 0 Å². The van der Waals surface area contributed by atoms with Crippen LogP contribution in [0.5, 0.6) is 11.5 Å². The summed E-state index contributed by atoms with van der Waals surface area (Å²) in [6.07, 6.45) is 1.14. The fourth-order valence-electron chi connectivity index (χ4n) is 1.05. The van der Waals surface area contributed by atoms with Crippen LogP contribution in [-0.4, -0.2) is 33.5 Å². The Morgan fingerprint density at radius 3 is 2.72 bits per heavy atom. The summed E-state index contributed by atoms with van der Waals surface area (Å²) in [6, 6.07) is 1.87. The van der Waals surface area contributed by atoms with Crippen molar-refractivity contribution in [2.24, 2.45) is 5.10 Å². The Bertz CT molecular complexity index is 518. The van der Waals surface area contributed by atoms with Gasteiger partial charge >= 0.3 is 5.69 Å². The maximum Gasteiger partial charge on any atom is 0.311 e. The van der Waals surface area contributed by atoms with Crippen molar-refractivity contribution in [3.63, 3.8) is 0 Å². The van der Waals surface area contributed by atoms with E-state index in [0.29, 0.717) is 0 Å². The minimum Gasteiger partial charge on any atom is -0.507 e. The Morgan fingerprint density at radius 1 is 1.50 bits per heavy atom. The van der Waals surface area contributed by atoms with Gasteiger partial charge in [-0.1, -0.05) is 0 Å². The van der Waals surface area contributed by atoms with Gasteiger partial charge in [0.2, 0.25) is 0 Å². The molecule has 0 fully saturated rings. The third kappa shape index (κ3) is 3.28. The lowest BCUT2D eigenvalue weighted by Crippen LogP contribution is -2.28. The van der Waals surface area contributed by atoms with Gasteiger partial charge in [0.1, 0.15) is 5.75 Å². The monoisotopic (exact) mass is 270 g/mol. The van der Waals surface area contributed by atoms with E-state index in [1.165, 1.54) is 0 Å². The first kappa shape index (κ1) is 13.6. The second-order valence-electron chi connectivity index (χ2n) is 3.11. The van der Waals surface area contributed by atoms with Crippen LogP contribution in [0.4, 0.5) is 5.69 Å². The van der Waals surface area contributed by atoms with E-state index in [4.69, 9.17) is 12.2 Å². The van der Waals surface area contributed by atoms with Crippen molar-refractivity contribution in [2.75, 3.05) is 7.05 Å². The van der Waals surface area contributed by atoms with Crippen LogP contribution in [0.1, 0.15) is 5.56 Å². The minimum atomic E-state index is -0.766. The fourth-order valence-corrected chi connectivity index (χ4v) is 1.10. The van der Waals surface area contributed by atoms with Gasteiger partial charge in [0.15, 0.2) is 10.9 Å². The van der Waals surface area contributed by atoms with Crippen molar-refractivity contribution >= 4 is 29.2 Å². The molecule has 0 saturated heterocycles. The van der Waals surface area contributed by atoms with Gasteiger partial charge in [0, 0.05) is 24.7 Å². The number of nitro groups is 1. The molecule has 8 nitrogen and oxygen atoms in total. The van der Waals surface area contributed by atoms with Gasteiger partial charge in [-0.25, -0.2) is 0 Å². The highest BCUT2D eigenvalue weighted by molar-refractivity contribution is 7.80. The number of phenols is 2. The Hall–Kier alpha value is -2.42. The second-order valence-corrected chi connectivity index (χ2v) is 3.51. The van der Waals surface area contributed by atoms with Crippen molar-refractivity contribution in [3.8, 4) is 11.5 Å². The van der Waals surface area contributed by atoms with Crippen molar-refractivity contribution in [2.45, 2.75) is 0 Å². The lowest BCUT2D eigenvalue weighted by atomic mass is 10.2. The lowest BCUT2D eigenvalue weighted by molar-refractivity contribution is -0.385. The molecule has 18 heavy (non-hydrogen) atoms. The smallest absolute Gasteiger partial charge is 0.311 e. The number of hydrazone groups is 1. The minimum absolute atomic E-state index is 0.0749. The molecule has 1 rings (SSSR count). The number of phenolic OH excluding ortho intramolecular Hbond substituents is 2. The summed E-state index contributed by atoms with van der Waals surface area (Å²) in [5.41, 5.74) is 1.97. The summed E-state index contributed by atoms with van der Waals surface area (Å²) in [6.45, 7) is 0. The van der Waals surface area contributed by atoms with E-state index in [2.05, 4.69) is 15.8 Å². The van der Waals surface area contributed by atoms with E-state index in [-0.39, 0.29) is 16.4 Å². The standard InChI is InChI=1S/C9H10N4O4S/c1-10-9(18)12-11-4-5-2-6(13(16)17)8(15)3-7(5)14/h2-4,14-15H,1H3,(H2,10,12,18). The maximum absolute atomic E-state index is 10.6. The number of benzene rings is 1. The highest BCUT2D eigenvalue weighted by Gasteiger charge is 2.16. The zero-order chi connectivity index (χ0) is 13.7. The first-order chi connectivity index (χ1) is 8.45. The van der Waals surface area contributed by atoms with Crippen molar-refractivity contribution < 1.29 is 15.1 Å². The second kappa shape index (κ2) is 5.77. The number of nitrogens with one attached hydrogen (secondary N) is 2. The molecule has 0 radical (unpaired) electrons. The topological polar surface area (TPSA) is 120 Å². The molecule has 0 atom stereocenters. The molecule has 0 saturated carbocycles. The van der Waals surface area contributed by atoms with Crippen LogP contribution < -0.4 is 10.7 Å². The number of rotatable bonds is 3. The third-order valence-electron chi connectivity index (χ3n) is 1.92. The molecule has 1 aromatic carbocycles. The van der Waals surface area contributed by atoms with Crippen LogP contribution in [0.25, 0.3) is 0 Å². The largest absolute Gasteiger partial charge is 0.507 e. The Balaban J connectivity index is 2.99. The Labute approximate surface area is 107 Å². The van der Waals surface area contributed by atoms with Gasteiger partial charge < -0.3 is 15.5 Å². The zero-order valence-electron chi connectivity index (χ0n) is 9.25. The first-order valence-electron chi connectivity index (χ1n) is 4.67. The molecular formula is C9H10N4O4S. The van der Waals surface area contributed by atoms with Gasteiger partial charge in [-0.05, 0) is 12.2 Å². The number of hydrogen-bond acceptors (Lipinski definition) is 6. The number of nitrogens with zero attached hydrogens (tertiary/aromatic N) is 2. The van der Waals surface area contributed by atoms with Crippen LogP contribution in [0.2, 0.25) is 0 Å². The predicted octanol–water partition coefficient (Wildman–Crippen LogP) is 0.434. The number of aromatic hydroxyl groups is 2. The van der Waals surface area contributed by atoms with E-state index in [0.717, 1.165) is 18.3 Å². The first-order valence-corrected chi connectivity index (χ1v) is 5.07. The normalized spacial score (nSPS) is 10.3. The predicted molar refractivity (Wildman–Crippen MR) is 68.8 cm³/mol. The molecule has 0 amide bonds. The van der Waals surface area contributed by atoms with Gasteiger partial charge in [0.05, 0.1) is 11.1 Å². The molecule has 9 heteroatoms. The maximum atomic E-state index is 10.6. The average molecular weight is 270 g/mol. The van der Waals surface area contributed by atoms with Crippen molar-refractivity contribution in [3.05, 3.63) is 27.8 Å². The van der Waals surface area contributed by atoms with E-state index >= 15 is 0 Å². The molecule has 0 aliphatic carbocycles. The van der Waals surface area contributed by atoms with E-state index in [1.54, 1.807) is 7.05 Å². The Kier molecular flexibility index (Phi) is 4.38. The number of thiocarbonyl (C=S) groups is 1.